The van der Waals surface area contributed by atoms with Crippen LogP contribution >= 0.6 is 0 Å². The standard InChI is InChI=1S/C30H26O3/c1-21(23-13-17-27(18-14-23)29(31)25-9-5-3-6-10-25)33-22(2)24-15-19-28(20-16-24)30(32)26-11-7-4-8-12-26/h3-22H,1-2H3. The second-order valence-electron chi connectivity index (χ2n) is 8.05. The maximum atomic E-state index is 12.6. The minimum atomic E-state index is -0.147. The maximum Gasteiger partial charge on any atom is 0.193 e. The molecule has 0 heterocycles. The first-order valence-corrected chi connectivity index (χ1v) is 11.1. The Kier molecular flexibility index (Phi) is 6.92. The van der Waals surface area contributed by atoms with Crippen LogP contribution < -0.4 is 0 Å². The quantitative estimate of drug-likeness (QED) is 0.281. The molecule has 0 saturated heterocycles. The summed E-state index contributed by atoms with van der Waals surface area (Å²) in [6, 6.07) is 33.7. The molecule has 4 aromatic carbocycles. The summed E-state index contributed by atoms with van der Waals surface area (Å²) in [7, 11) is 0. The summed E-state index contributed by atoms with van der Waals surface area (Å²) in [4.78, 5) is 25.2. The predicted molar refractivity (Wildman–Crippen MR) is 131 cm³/mol. The fourth-order valence-electron chi connectivity index (χ4n) is 3.79. The number of ketones is 2. The molecule has 0 aliphatic carbocycles. The molecule has 3 nitrogen and oxygen atoms in total. The molecule has 0 bridgehead atoms. The zero-order valence-electron chi connectivity index (χ0n) is 18.8. The van der Waals surface area contributed by atoms with E-state index in [1.807, 2.05) is 123 Å². The monoisotopic (exact) mass is 434 g/mol. The molecule has 0 N–H and O–H groups in total. The van der Waals surface area contributed by atoms with Gasteiger partial charge in [-0.15, -0.1) is 0 Å². The van der Waals surface area contributed by atoms with Gasteiger partial charge in [-0.3, -0.25) is 9.59 Å². The molecule has 0 amide bonds. The van der Waals surface area contributed by atoms with Crippen LogP contribution in [0, 0.1) is 0 Å². The van der Waals surface area contributed by atoms with Crippen molar-refractivity contribution in [1.82, 2.24) is 0 Å². The molecule has 33 heavy (non-hydrogen) atoms. The lowest BCUT2D eigenvalue weighted by atomic mass is 10.00. The van der Waals surface area contributed by atoms with Crippen molar-refractivity contribution in [2.75, 3.05) is 0 Å². The molecule has 0 radical (unpaired) electrons. The van der Waals surface area contributed by atoms with Gasteiger partial charge < -0.3 is 4.74 Å². The number of hydrogen-bond acceptors (Lipinski definition) is 3. The average Bonchev–Trinajstić information content (AvgIpc) is 2.89. The topological polar surface area (TPSA) is 43.4 Å². The van der Waals surface area contributed by atoms with E-state index in [1.54, 1.807) is 0 Å². The molecular weight excluding hydrogens is 408 g/mol. The van der Waals surface area contributed by atoms with Crippen molar-refractivity contribution in [2.45, 2.75) is 26.1 Å². The number of rotatable bonds is 8. The fourth-order valence-corrected chi connectivity index (χ4v) is 3.79. The molecule has 0 aliphatic heterocycles. The van der Waals surface area contributed by atoms with Crippen LogP contribution in [-0.2, 0) is 4.74 Å². The molecule has 4 aromatic rings. The second-order valence-corrected chi connectivity index (χ2v) is 8.05. The Hall–Kier alpha value is -3.82. The molecule has 3 heteroatoms. The van der Waals surface area contributed by atoms with Crippen molar-refractivity contribution in [3.63, 3.8) is 0 Å². The number of ether oxygens (including phenoxy) is 1. The molecule has 0 aliphatic rings. The van der Waals surface area contributed by atoms with E-state index in [9.17, 15) is 9.59 Å². The van der Waals surface area contributed by atoms with Crippen molar-refractivity contribution in [2.24, 2.45) is 0 Å². The lowest BCUT2D eigenvalue weighted by Crippen LogP contribution is -2.07. The van der Waals surface area contributed by atoms with E-state index in [4.69, 9.17) is 4.74 Å². The van der Waals surface area contributed by atoms with Gasteiger partial charge in [0.25, 0.3) is 0 Å². The third-order valence-corrected chi connectivity index (χ3v) is 5.76. The second kappa shape index (κ2) is 10.2. The van der Waals surface area contributed by atoms with Gasteiger partial charge in [0.1, 0.15) is 0 Å². The molecular formula is C30H26O3. The van der Waals surface area contributed by atoms with E-state index in [0.29, 0.717) is 22.3 Å². The van der Waals surface area contributed by atoms with Crippen LogP contribution in [0.2, 0.25) is 0 Å². The fraction of sp³-hybridized carbons (Fsp3) is 0.133. The third kappa shape index (κ3) is 5.33. The number of hydrogen-bond donors (Lipinski definition) is 0. The van der Waals surface area contributed by atoms with Gasteiger partial charge in [0.2, 0.25) is 0 Å². The van der Waals surface area contributed by atoms with Crippen LogP contribution in [0.1, 0.15) is 69.0 Å². The normalized spacial score (nSPS) is 12.7. The molecule has 4 rings (SSSR count). The summed E-state index contributed by atoms with van der Waals surface area (Å²) in [5.41, 5.74) is 4.67. The van der Waals surface area contributed by atoms with Crippen molar-refractivity contribution in [3.05, 3.63) is 143 Å². The molecule has 0 spiro atoms. The lowest BCUT2D eigenvalue weighted by Gasteiger charge is -2.20. The molecule has 164 valence electrons. The third-order valence-electron chi connectivity index (χ3n) is 5.76. The SMILES string of the molecule is CC(OC(C)c1ccc(C(=O)c2ccccc2)cc1)c1ccc(C(=O)c2ccccc2)cc1. The largest absolute Gasteiger partial charge is 0.366 e. The van der Waals surface area contributed by atoms with E-state index in [0.717, 1.165) is 11.1 Å². The van der Waals surface area contributed by atoms with E-state index in [2.05, 4.69) is 0 Å². The minimum Gasteiger partial charge on any atom is -0.366 e. The van der Waals surface area contributed by atoms with Crippen molar-refractivity contribution < 1.29 is 14.3 Å². The Morgan fingerprint density at radius 1 is 0.485 bits per heavy atom. The highest BCUT2D eigenvalue weighted by atomic mass is 16.5. The molecule has 0 saturated carbocycles. The first-order chi connectivity index (χ1) is 16.0. The number of carbonyl (C=O) groups is 2. The van der Waals surface area contributed by atoms with Gasteiger partial charge in [0, 0.05) is 22.3 Å². The Labute approximate surface area is 194 Å². The van der Waals surface area contributed by atoms with Gasteiger partial charge in [-0.2, -0.15) is 0 Å². The highest BCUT2D eigenvalue weighted by Gasteiger charge is 2.15. The molecule has 2 atom stereocenters. The lowest BCUT2D eigenvalue weighted by molar-refractivity contribution is 0.00584. The van der Waals surface area contributed by atoms with Crippen LogP contribution in [0.4, 0.5) is 0 Å². The summed E-state index contributed by atoms with van der Waals surface area (Å²) in [5.74, 6) is 0.0171. The summed E-state index contributed by atoms with van der Waals surface area (Å²) >= 11 is 0. The van der Waals surface area contributed by atoms with E-state index >= 15 is 0 Å². The Morgan fingerprint density at radius 2 is 0.788 bits per heavy atom. The van der Waals surface area contributed by atoms with Gasteiger partial charge in [0.05, 0.1) is 12.2 Å². The van der Waals surface area contributed by atoms with Crippen LogP contribution in [0.15, 0.2) is 109 Å². The average molecular weight is 435 g/mol. The van der Waals surface area contributed by atoms with Crippen molar-refractivity contribution >= 4 is 11.6 Å². The molecule has 2 unspecified atom stereocenters. The maximum absolute atomic E-state index is 12.6. The highest BCUT2D eigenvalue weighted by Crippen LogP contribution is 2.27. The highest BCUT2D eigenvalue weighted by molar-refractivity contribution is 6.09. The molecule has 0 aromatic heterocycles. The zero-order chi connectivity index (χ0) is 23.2. The Bertz CT molecular complexity index is 1110. The van der Waals surface area contributed by atoms with Crippen LogP contribution in [0.5, 0.6) is 0 Å². The van der Waals surface area contributed by atoms with Gasteiger partial charge in [-0.25, -0.2) is 0 Å². The van der Waals surface area contributed by atoms with E-state index < -0.39 is 0 Å². The van der Waals surface area contributed by atoms with Gasteiger partial charge in [0.15, 0.2) is 11.6 Å². The molecule has 0 fully saturated rings. The minimum absolute atomic E-state index is 0.00855. The van der Waals surface area contributed by atoms with Crippen molar-refractivity contribution in [3.8, 4) is 0 Å². The van der Waals surface area contributed by atoms with Crippen LogP contribution in [-0.4, -0.2) is 11.6 Å². The zero-order valence-corrected chi connectivity index (χ0v) is 18.8. The van der Waals surface area contributed by atoms with Gasteiger partial charge in [-0.05, 0) is 25.0 Å². The van der Waals surface area contributed by atoms with Crippen LogP contribution in [0.25, 0.3) is 0 Å². The number of carbonyl (C=O) groups excluding carboxylic acids is 2. The summed E-state index contributed by atoms with van der Waals surface area (Å²) < 4.78 is 6.22. The van der Waals surface area contributed by atoms with Crippen molar-refractivity contribution in [1.29, 1.82) is 0 Å². The Balaban J connectivity index is 1.39. The van der Waals surface area contributed by atoms with E-state index in [-0.39, 0.29) is 23.8 Å². The summed E-state index contributed by atoms with van der Waals surface area (Å²) in [5, 5.41) is 0. The van der Waals surface area contributed by atoms with Crippen LogP contribution in [0.3, 0.4) is 0 Å². The smallest absolute Gasteiger partial charge is 0.193 e. The van der Waals surface area contributed by atoms with Gasteiger partial charge in [-0.1, -0.05) is 109 Å². The first-order valence-electron chi connectivity index (χ1n) is 11.1. The number of benzene rings is 4. The Morgan fingerprint density at radius 3 is 1.12 bits per heavy atom. The predicted octanol–water partition coefficient (Wildman–Crippen LogP) is 6.99. The van der Waals surface area contributed by atoms with Gasteiger partial charge >= 0.3 is 0 Å². The summed E-state index contributed by atoms with van der Waals surface area (Å²) in [6.45, 7) is 4.00. The van der Waals surface area contributed by atoms with E-state index in [1.165, 1.54) is 0 Å². The summed E-state index contributed by atoms with van der Waals surface area (Å²) in [6.07, 6.45) is -0.294. The first kappa shape index (κ1) is 22.4.